The highest BCUT2D eigenvalue weighted by molar-refractivity contribution is 5.98. The molecule has 0 aliphatic carbocycles. The number of aryl methyl sites for hydroxylation is 1. The first kappa shape index (κ1) is 23.9. The summed E-state index contributed by atoms with van der Waals surface area (Å²) in [5.41, 5.74) is 5.04. The molecule has 0 N–H and O–H groups in total. The smallest absolute Gasteiger partial charge is 0.236 e. The highest BCUT2D eigenvalue weighted by Crippen LogP contribution is 2.33. The molecule has 0 bridgehead atoms. The van der Waals surface area contributed by atoms with Gasteiger partial charge in [0.25, 0.3) is 0 Å². The number of hydrogen-bond donors (Lipinski definition) is 0. The average Bonchev–Trinajstić information content (AvgIpc) is 2.86. The maximum absolute atomic E-state index is 13.4. The minimum absolute atomic E-state index is 0.118. The van der Waals surface area contributed by atoms with Gasteiger partial charge in [0.1, 0.15) is 0 Å². The van der Waals surface area contributed by atoms with Gasteiger partial charge in [-0.05, 0) is 43.5 Å². The van der Waals surface area contributed by atoms with Crippen molar-refractivity contribution < 1.29 is 9.59 Å². The van der Waals surface area contributed by atoms with Crippen molar-refractivity contribution in [1.29, 1.82) is 0 Å². The van der Waals surface area contributed by atoms with E-state index in [1.54, 1.807) is 0 Å². The number of hydrogen-bond acceptors (Lipinski definition) is 4. The summed E-state index contributed by atoms with van der Waals surface area (Å²) in [7, 11) is 0. The molecular formula is C28H34N4O2. The van der Waals surface area contributed by atoms with Crippen LogP contribution in [-0.2, 0) is 16.0 Å². The van der Waals surface area contributed by atoms with E-state index >= 15 is 0 Å². The Labute approximate surface area is 202 Å². The Bertz CT molecular complexity index is 1150. The van der Waals surface area contributed by atoms with Gasteiger partial charge in [-0.1, -0.05) is 48.5 Å². The van der Waals surface area contributed by atoms with E-state index in [2.05, 4.69) is 23.1 Å². The number of carbonyl (C=O) groups is 2. The number of carbonyl (C=O) groups excluding carboxylic acids is 2. The predicted molar refractivity (Wildman–Crippen MR) is 137 cm³/mol. The van der Waals surface area contributed by atoms with Crippen LogP contribution >= 0.6 is 0 Å². The highest BCUT2D eigenvalue weighted by Gasteiger charge is 2.25. The number of benzene rings is 2. The molecule has 1 aliphatic heterocycles. The number of likely N-dealkylation sites (N-methyl/N-ethyl adjacent to an activating group) is 1. The summed E-state index contributed by atoms with van der Waals surface area (Å²) >= 11 is 0. The van der Waals surface area contributed by atoms with E-state index < -0.39 is 0 Å². The third-order valence-corrected chi connectivity index (χ3v) is 6.79. The van der Waals surface area contributed by atoms with Crippen LogP contribution in [0.5, 0.6) is 0 Å². The van der Waals surface area contributed by atoms with Gasteiger partial charge in [0, 0.05) is 50.3 Å². The molecule has 1 aromatic heterocycles. The molecule has 0 spiro atoms. The molecule has 0 radical (unpaired) electrons. The molecule has 3 aromatic rings. The van der Waals surface area contributed by atoms with Crippen molar-refractivity contribution >= 4 is 22.7 Å². The van der Waals surface area contributed by atoms with E-state index in [1.807, 2.05) is 67.0 Å². The summed E-state index contributed by atoms with van der Waals surface area (Å²) in [5.74, 6) is 0.280. The second-order valence-electron chi connectivity index (χ2n) is 8.83. The third kappa shape index (κ3) is 5.12. The maximum atomic E-state index is 13.4. The number of pyridine rings is 1. The molecule has 1 saturated heterocycles. The molecule has 1 aliphatic rings. The van der Waals surface area contributed by atoms with Crippen molar-refractivity contribution in [3.63, 3.8) is 0 Å². The van der Waals surface area contributed by atoms with Gasteiger partial charge in [-0.3, -0.25) is 19.5 Å². The number of para-hydroxylation sites is 1. The number of amides is 2. The average molecular weight is 459 g/mol. The van der Waals surface area contributed by atoms with E-state index in [1.165, 1.54) is 0 Å². The molecule has 6 heteroatoms. The summed E-state index contributed by atoms with van der Waals surface area (Å²) in [6, 6.07) is 18.4. The largest absolute Gasteiger partial charge is 0.342 e. The lowest BCUT2D eigenvalue weighted by Crippen LogP contribution is -2.51. The van der Waals surface area contributed by atoms with E-state index in [4.69, 9.17) is 4.98 Å². The molecule has 1 fully saturated rings. The van der Waals surface area contributed by atoms with Gasteiger partial charge in [-0.2, -0.15) is 0 Å². The Morgan fingerprint density at radius 3 is 2.24 bits per heavy atom. The Kier molecular flexibility index (Phi) is 7.58. The number of rotatable bonds is 7. The fraction of sp³-hybridized carbons (Fsp3) is 0.393. The van der Waals surface area contributed by atoms with Crippen LogP contribution in [0.1, 0.15) is 25.1 Å². The number of nitrogens with zero attached hydrogens (tertiary/aromatic N) is 4. The summed E-state index contributed by atoms with van der Waals surface area (Å²) in [6.45, 7) is 10.6. The number of aromatic nitrogens is 1. The molecule has 178 valence electrons. The Balaban J connectivity index is 1.51. The van der Waals surface area contributed by atoms with Crippen molar-refractivity contribution in [1.82, 2.24) is 19.7 Å². The molecular weight excluding hydrogens is 424 g/mol. The Morgan fingerprint density at radius 1 is 0.912 bits per heavy atom. The van der Waals surface area contributed by atoms with Crippen molar-refractivity contribution in [3.8, 4) is 11.1 Å². The van der Waals surface area contributed by atoms with Crippen LogP contribution in [-0.4, -0.2) is 77.3 Å². The van der Waals surface area contributed by atoms with Gasteiger partial charge < -0.3 is 9.80 Å². The predicted octanol–water partition coefficient (Wildman–Crippen LogP) is 3.77. The molecule has 6 nitrogen and oxygen atoms in total. The molecule has 2 aromatic carbocycles. The second-order valence-corrected chi connectivity index (χ2v) is 8.83. The monoisotopic (exact) mass is 458 g/mol. The minimum Gasteiger partial charge on any atom is -0.342 e. The van der Waals surface area contributed by atoms with Crippen molar-refractivity contribution in [2.24, 2.45) is 0 Å². The van der Waals surface area contributed by atoms with Crippen LogP contribution in [0.4, 0.5) is 0 Å². The van der Waals surface area contributed by atoms with E-state index in [-0.39, 0.29) is 11.8 Å². The zero-order valence-electron chi connectivity index (χ0n) is 20.5. The van der Waals surface area contributed by atoms with Crippen LogP contribution in [0.25, 0.3) is 22.0 Å². The van der Waals surface area contributed by atoms with Crippen molar-refractivity contribution in [2.75, 3.05) is 45.8 Å². The van der Waals surface area contributed by atoms with Gasteiger partial charge in [-0.15, -0.1) is 0 Å². The van der Waals surface area contributed by atoms with Gasteiger partial charge in [0.2, 0.25) is 11.8 Å². The molecule has 2 amide bonds. The van der Waals surface area contributed by atoms with E-state index in [0.717, 1.165) is 59.5 Å². The van der Waals surface area contributed by atoms with E-state index in [9.17, 15) is 9.59 Å². The topological polar surface area (TPSA) is 56.8 Å². The van der Waals surface area contributed by atoms with Crippen LogP contribution in [0.15, 0.2) is 54.6 Å². The first-order valence-electron chi connectivity index (χ1n) is 12.2. The zero-order valence-corrected chi connectivity index (χ0v) is 20.5. The van der Waals surface area contributed by atoms with Crippen LogP contribution in [0, 0.1) is 6.92 Å². The summed E-state index contributed by atoms with van der Waals surface area (Å²) in [4.78, 5) is 36.6. The first-order chi connectivity index (χ1) is 16.5. The van der Waals surface area contributed by atoms with Gasteiger partial charge in [-0.25, -0.2) is 0 Å². The third-order valence-electron chi connectivity index (χ3n) is 6.79. The molecule has 0 saturated carbocycles. The summed E-state index contributed by atoms with van der Waals surface area (Å²) in [6.07, 6.45) is 0.326. The highest BCUT2D eigenvalue weighted by atomic mass is 16.2. The maximum Gasteiger partial charge on any atom is 0.236 e. The standard InChI is InChI=1S/C28H34N4O2/c1-4-31(5-2)27(34)20-30-15-17-32(18-16-30)26(33)19-24-21(3)29-25-14-10-9-13-23(25)28(24)22-11-7-6-8-12-22/h6-14H,4-5,15-20H2,1-3H3. The van der Waals surface area contributed by atoms with Crippen molar-refractivity contribution in [2.45, 2.75) is 27.2 Å². The van der Waals surface area contributed by atoms with Crippen LogP contribution < -0.4 is 0 Å². The van der Waals surface area contributed by atoms with Crippen LogP contribution in [0.3, 0.4) is 0 Å². The van der Waals surface area contributed by atoms with E-state index in [0.29, 0.717) is 26.1 Å². The normalized spacial score (nSPS) is 14.4. The summed E-state index contributed by atoms with van der Waals surface area (Å²) < 4.78 is 0. The molecule has 4 rings (SSSR count). The SMILES string of the molecule is CCN(CC)C(=O)CN1CCN(C(=O)Cc2c(C)nc3ccccc3c2-c2ccccc2)CC1. The van der Waals surface area contributed by atoms with Crippen LogP contribution in [0.2, 0.25) is 0 Å². The Hall–Kier alpha value is -3.25. The fourth-order valence-electron chi connectivity index (χ4n) is 4.81. The summed E-state index contributed by atoms with van der Waals surface area (Å²) in [5, 5.41) is 1.07. The second kappa shape index (κ2) is 10.8. The van der Waals surface area contributed by atoms with Gasteiger partial charge >= 0.3 is 0 Å². The first-order valence-corrected chi connectivity index (χ1v) is 12.2. The van der Waals surface area contributed by atoms with Crippen molar-refractivity contribution in [3.05, 3.63) is 65.9 Å². The molecule has 0 atom stereocenters. The zero-order chi connectivity index (χ0) is 24.1. The van der Waals surface area contributed by atoms with Gasteiger partial charge in [0.15, 0.2) is 0 Å². The lowest BCUT2D eigenvalue weighted by molar-refractivity contribution is -0.134. The molecule has 2 heterocycles. The quantitative estimate of drug-likeness (QED) is 0.541. The lowest BCUT2D eigenvalue weighted by Gasteiger charge is -2.35. The molecule has 0 unspecified atom stereocenters. The number of fused-ring (bicyclic) bond motifs is 1. The minimum atomic E-state index is 0.118. The lowest BCUT2D eigenvalue weighted by atomic mass is 9.92. The Morgan fingerprint density at radius 2 is 1.56 bits per heavy atom. The number of piperazine rings is 1. The fourth-order valence-corrected chi connectivity index (χ4v) is 4.81. The molecule has 34 heavy (non-hydrogen) atoms. The van der Waals surface area contributed by atoms with Gasteiger partial charge in [0.05, 0.1) is 18.5 Å².